The lowest BCUT2D eigenvalue weighted by atomic mass is 10.1. The van der Waals surface area contributed by atoms with Crippen molar-refractivity contribution in [2.45, 2.75) is 24.3 Å². The van der Waals surface area contributed by atoms with Gasteiger partial charge in [-0.2, -0.15) is 0 Å². The maximum atomic E-state index is 12.2. The van der Waals surface area contributed by atoms with Crippen LogP contribution in [0.15, 0.2) is 53.4 Å². The van der Waals surface area contributed by atoms with E-state index in [1.54, 1.807) is 0 Å². The first kappa shape index (κ1) is 19.9. The number of hydrogen-bond acceptors (Lipinski definition) is 5. The molecule has 8 heteroatoms. The molecule has 0 saturated carbocycles. The molecule has 0 spiro atoms. The third-order valence-electron chi connectivity index (χ3n) is 3.83. The Hall–Kier alpha value is -2.42. The third-order valence-corrected chi connectivity index (χ3v) is 5.29. The Morgan fingerprint density at radius 1 is 1.15 bits per heavy atom. The van der Waals surface area contributed by atoms with E-state index in [1.165, 1.54) is 12.1 Å². The minimum atomic E-state index is -3.84. The summed E-state index contributed by atoms with van der Waals surface area (Å²) in [4.78, 5) is 11.5. The second-order valence-electron chi connectivity index (χ2n) is 5.76. The van der Waals surface area contributed by atoms with Gasteiger partial charge in [0.15, 0.2) is 0 Å². The van der Waals surface area contributed by atoms with E-state index in [9.17, 15) is 18.3 Å². The van der Waals surface area contributed by atoms with E-state index in [-0.39, 0.29) is 36.1 Å². The number of aliphatic hydroxyl groups is 1. The predicted octanol–water partition coefficient (Wildman–Crippen LogP) is 2.22. The van der Waals surface area contributed by atoms with Crippen molar-refractivity contribution in [2.75, 3.05) is 18.5 Å². The van der Waals surface area contributed by atoms with E-state index in [1.807, 2.05) is 37.3 Å². The summed E-state index contributed by atoms with van der Waals surface area (Å²) in [6.45, 7) is 1.83. The number of carboxylic acids is 1. The van der Waals surface area contributed by atoms with Crippen molar-refractivity contribution in [2.24, 2.45) is 0 Å². The van der Waals surface area contributed by atoms with E-state index < -0.39 is 16.0 Å². The van der Waals surface area contributed by atoms with Crippen LogP contribution in [0.1, 0.15) is 35.3 Å². The SMILES string of the molecule is C[C@H](Nc1ccc(S(=O)(=O)NCCCO)cc1C(=O)O)c1ccccc1. The van der Waals surface area contributed by atoms with Gasteiger partial charge in [0.1, 0.15) is 0 Å². The number of hydrogen-bond donors (Lipinski definition) is 4. The van der Waals surface area contributed by atoms with Crippen molar-refractivity contribution in [1.82, 2.24) is 4.72 Å². The van der Waals surface area contributed by atoms with Gasteiger partial charge in [0.05, 0.1) is 10.5 Å². The Labute approximate surface area is 152 Å². The van der Waals surface area contributed by atoms with Crippen molar-refractivity contribution in [3.63, 3.8) is 0 Å². The van der Waals surface area contributed by atoms with Crippen LogP contribution in [-0.2, 0) is 10.0 Å². The first-order chi connectivity index (χ1) is 12.3. The monoisotopic (exact) mass is 378 g/mol. The average molecular weight is 378 g/mol. The van der Waals surface area contributed by atoms with Crippen molar-refractivity contribution >= 4 is 21.7 Å². The predicted molar refractivity (Wildman–Crippen MR) is 98.8 cm³/mol. The highest BCUT2D eigenvalue weighted by Gasteiger charge is 2.19. The van der Waals surface area contributed by atoms with Crippen LogP contribution in [-0.4, -0.2) is 37.8 Å². The van der Waals surface area contributed by atoms with Crippen molar-refractivity contribution in [3.05, 3.63) is 59.7 Å². The molecule has 140 valence electrons. The molecule has 2 rings (SSSR count). The number of anilines is 1. The summed E-state index contributed by atoms with van der Waals surface area (Å²) in [5.41, 5.74) is 1.19. The number of sulfonamides is 1. The molecule has 0 bridgehead atoms. The number of aromatic carboxylic acids is 1. The summed E-state index contributed by atoms with van der Waals surface area (Å²) in [5, 5.41) is 21.3. The molecule has 0 radical (unpaired) electrons. The molecule has 0 aromatic heterocycles. The Balaban J connectivity index is 2.27. The third kappa shape index (κ3) is 5.04. The highest BCUT2D eigenvalue weighted by atomic mass is 32.2. The molecule has 0 unspecified atom stereocenters. The van der Waals surface area contributed by atoms with Crippen molar-refractivity contribution in [1.29, 1.82) is 0 Å². The van der Waals surface area contributed by atoms with Crippen LogP contribution in [0, 0.1) is 0 Å². The molecule has 0 aliphatic heterocycles. The van der Waals surface area contributed by atoms with Gasteiger partial charge in [-0.3, -0.25) is 0 Å². The van der Waals surface area contributed by atoms with Crippen molar-refractivity contribution < 1.29 is 23.4 Å². The Bertz CT molecular complexity index is 853. The molecule has 1 atom stereocenters. The highest BCUT2D eigenvalue weighted by molar-refractivity contribution is 7.89. The van der Waals surface area contributed by atoms with Gasteiger partial charge < -0.3 is 15.5 Å². The smallest absolute Gasteiger partial charge is 0.337 e. The lowest BCUT2D eigenvalue weighted by molar-refractivity contribution is 0.0697. The molecule has 0 fully saturated rings. The lowest BCUT2D eigenvalue weighted by Gasteiger charge is -2.18. The molecule has 2 aromatic rings. The number of benzene rings is 2. The topological polar surface area (TPSA) is 116 Å². The molecule has 0 amide bonds. The zero-order chi connectivity index (χ0) is 19.2. The molecular weight excluding hydrogens is 356 g/mol. The minimum absolute atomic E-state index is 0.0757. The first-order valence-electron chi connectivity index (χ1n) is 8.14. The second kappa shape index (κ2) is 8.79. The summed E-state index contributed by atoms with van der Waals surface area (Å²) in [5.74, 6) is -1.22. The molecule has 0 heterocycles. The van der Waals surface area contributed by atoms with Crippen LogP contribution in [0.4, 0.5) is 5.69 Å². The Morgan fingerprint density at radius 2 is 1.85 bits per heavy atom. The number of carbonyl (C=O) groups is 1. The molecule has 26 heavy (non-hydrogen) atoms. The Kier molecular flexibility index (Phi) is 6.73. The zero-order valence-corrected chi connectivity index (χ0v) is 15.2. The number of carboxylic acid groups (broad SMARTS) is 1. The quantitative estimate of drug-likeness (QED) is 0.497. The minimum Gasteiger partial charge on any atom is -0.478 e. The standard InChI is InChI=1S/C18H22N2O5S/c1-13(14-6-3-2-4-7-14)20-17-9-8-15(12-16(17)18(22)23)26(24,25)19-10-5-11-21/h2-4,6-9,12-13,19-21H,5,10-11H2,1H3,(H,22,23)/t13-/m0/s1. The number of rotatable bonds is 9. The van der Waals surface area contributed by atoms with Gasteiger partial charge in [-0.15, -0.1) is 0 Å². The maximum Gasteiger partial charge on any atom is 0.337 e. The summed E-state index contributed by atoms with van der Waals surface area (Å²) in [6, 6.07) is 13.3. The maximum absolute atomic E-state index is 12.2. The molecule has 0 aliphatic rings. The summed E-state index contributed by atoms with van der Waals surface area (Å²) in [7, 11) is -3.84. The molecule has 7 nitrogen and oxygen atoms in total. The fourth-order valence-corrected chi connectivity index (χ4v) is 3.52. The number of aliphatic hydroxyl groups excluding tert-OH is 1. The molecule has 0 aliphatic carbocycles. The normalized spacial score (nSPS) is 12.5. The van der Waals surface area contributed by atoms with E-state index in [2.05, 4.69) is 10.0 Å². The van der Waals surface area contributed by atoms with Gasteiger partial charge in [-0.05, 0) is 37.1 Å². The largest absolute Gasteiger partial charge is 0.478 e. The molecule has 2 aromatic carbocycles. The average Bonchev–Trinajstić information content (AvgIpc) is 2.62. The van der Waals surface area contributed by atoms with Crippen LogP contribution < -0.4 is 10.0 Å². The summed E-state index contributed by atoms with van der Waals surface area (Å²) >= 11 is 0. The van der Waals surface area contributed by atoms with Crippen molar-refractivity contribution in [3.8, 4) is 0 Å². The van der Waals surface area contributed by atoms with E-state index in [0.717, 1.165) is 11.6 Å². The second-order valence-corrected chi connectivity index (χ2v) is 7.53. The first-order valence-corrected chi connectivity index (χ1v) is 9.63. The van der Waals surface area contributed by atoms with Gasteiger partial charge in [0.25, 0.3) is 0 Å². The molecular formula is C18H22N2O5S. The summed E-state index contributed by atoms with van der Waals surface area (Å²) in [6.07, 6.45) is 0.277. The van der Waals surface area contributed by atoms with E-state index >= 15 is 0 Å². The van der Waals surface area contributed by atoms with Crippen LogP contribution in [0.25, 0.3) is 0 Å². The number of nitrogens with one attached hydrogen (secondary N) is 2. The van der Waals surface area contributed by atoms with E-state index in [4.69, 9.17) is 5.11 Å². The molecule has 4 N–H and O–H groups in total. The van der Waals surface area contributed by atoms with Crippen LogP contribution in [0.2, 0.25) is 0 Å². The van der Waals surface area contributed by atoms with Gasteiger partial charge >= 0.3 is 5.97 Å². The van der Waals surface area contributed by atoms with Crippen LogP contribution in [0.5, 0.6) is 0 Å². The fourth-order valence-electron chi connectivity index (χ4n) is 2.42. The highest BCUT2D eigenvalue weighted by Crippen LogP contribution is 2.25. The van der Waals surface area contributed by atoms with E-state index in [0.29, 0.717) is 5.69 Å². The van der Waals surface area contributed by atoms with Gasteiger partial charge in [0.2, 0.25) is 10.0 Å². The summed E-state index contributed by atoms with van der Waals surface area (Å²) < 4.78 is 26.8. The van der Waals surface area contributed by atoms with Crippen LogP contribution >= 0.6 is 0 Å². The van der Waals surface area contributed by atoms with Gasteiger partial charge in [-0.25, -0.2) is 17.9 Å². The van der Waals surface area contributed by atoms with Gasteiger partial charge in [-0.1, -0.05) is 30.3 Å². The van der Waals surface area contributed by atoms with Gasteiger partial charge in [0, 0.05) is 24.9 Å². The lowest BCUT2D eigenvalue weighted by Crippen LogP contribution is -2.25. The van der Waals surface area contributed by atoms with Crippen LogP contribution in [0.3, 0.4) is 0 Å². The fraction of sp³-hybridized carbons (Fsp3) is 0.278. The zero-order valence-electron chi connectivity index (χ0n) is 14.3. The Morgan fingerprint density at radius 3 is 2.46 bits per heavy atom. The molecule has 0 saturated heterocycles.